The second-order valence-corrected chi connectivity index (χ2v) is 3.98. The molecule has 2 aromatic rings. The molecular weight excluding hydrogens is 254 g/mol. The summed E-state index contributed by atoms with van der Waals surface area (Å²) in [6, 6.07) is 12.9. The number of hydrogen-bond acceptors (Lipinski definition) is 3. The number of nitrogens with zero attached hydrogens (tertiary/aromatic N) is 2. The van der Waals surface area contributed by atoms with Crippen LogP contribution in [0.5, 0.6) is 0 Å². The number of para-hydroxylation sites is 1. The predicted octanol–water partition coefficient (Wildman–Crippen LogP) is 1.45. The van der Waals surface area contributed by atoms with E-state index in [2.05, 4.69) is 20.6 Å². The Labute approximate surface area is 116 Å². The molecule has 1 heterocycles. The molecule has 6 heteroatoms. The Morgan fingerprint density at radius 3 is 2.55 bits per heavy atom. The normalized spacial score (nSPS) is 10.9. The molecule has 20 heavy (non-hydrogen) atoms. The van der Waals surface area contributed by atoms with Crippen LogP contribution >= 0.6 is 0 Å². The zero-order chi connectivity index (χ0) is 14.2. The first-order chi connectivity index (χ1) is 9.74. The van der Waals surface area contributed by atoms with Gasteiger partial charge in [-0.1, -0.05) is 18.2 Å². The lowest BCUT2D eigenvalue weighted by Crippen LogP contribution is -2.25. The fourth-order valence-corrected chi connectivity index (χ4v) is 1.50. The van der Waals surface area contributed by atoms with Crippen molar-refractivity contribution in [3.05, 3.63) is 54.9 Å². The summed E-state index contributed by atoms with van der Waals surface area (Å²) in [5, 5.41) is 5.57. The van der Waals surface area contributed by atoms with E-state index < -0.39 is 0 Å². The predicted molar refractivity (Wildman–Crippen MR) is 79.4 cm³/mol. The molecular formula is C14H15N5O. The average Bonchev–Trinajstić information content (AvgIpc) is 2.47. The maximum absolute atomic E-state index is 11.6. The molecule has 102 valence electrons. The van der Waals surface area contributed by atoms with Crippen molar-refractivity contribution in [2.24, 2.45) is 10.7 Å². The van der Waals surface area contributed by atoms with Gasteiger partial charge in [0.15, 0.2) is 5.96 Å². The molecule has 0 aliphatic rings. The van der Waals surface area contributed by atoms with Crippen LogP contribution in [0.3, 0.4) is 0 Å². The first-order valence-electron chi connectivity index (χ1n) is 6.06. The lowest BCUT2D eigenvalue weighted by atomic mass is 10.3. The molecule has 4 N–H and O–H groups in total. The van der Waals surface area contributed by atoms with Gasteiger partial charge in [0.25, 0.3) is 0 Å². The van der Waals surface area contributed by atoms with E-state index in [9.17, 15) is 4.79 Å². The Balaban J connectivity index is 1.84. The highest BCUT2D eigenvalue weighted by Crippen LogP contribution is 2.04. The second kappa shape index (κ2) is 6.89. The smallest absolute Gasteiger partial charge is 0.246 e. The van der Waals surface area contributed by atoms with Crippen LogP contribution in [0, 0.1) is 0 Å². The molecule has 0 aliphatic heterocycles. The molecule has 0 saturated carbocycles. The van der Waals surface area contributed by atoms with Crippen molar-refractivity contribution in [1.82, 2.24) is 4.98 Å². The number of anilines is 2. The van der Waals surface area contributed by atoms with Crippen LogP contribution in [0.25, 0.3) is 0 Å². The lowest BCUT2D eigenvalue weighted by Gasteiger charge is -2.05. The topological polar surface area (TPSA) is 92.4 Å². The summed E-state index contributed by atoms with van der Waals surface area (Å²) < 4.78 is 0. The molecule has 1 aromatic carbocycles. The van der Waals surface area contributed by atoms with Crippen LogP contribution in [-0.2, 0) is 4.79 Å². The third kappa shape index (κ3) is 4.41. The van der Waals surface area contributed by atoms with Crippen LogP contribution in [-0.4, -0.2) is 23.4 Å². The van der Waals surface area contributed by atoms with Gasteiger partial charge >= 0.3 is 0 Å². The van der Waals surface area contributed by atoms with Gasteiger partial charge in [-0.15, -0.1) is 0 Å². The van der Waals surface area contributed by atoms with Crippen molar-refractivity contribution in [3.8, 4) is 0 Å². The monoisotopic (exact) mass is 269 g/mol. The maximum atomic E-state index is 11.6. The Hall–Kier alpha value is -2.89. The van der Waals surface area contributed by atoms with Gasteiger partial charge in [0.05, 0.1) is 11.9 Å². The summed E-state index contributed by atoms with van der Waals surface area (Å²) >= 11 is 0. The Morgan fingerprint density at radius 2 is 1.85 bits per heavy atom. The molecule has 0 fully saturated rings. The van der Waals surface area contributed by atoms with E-state index in [4.69, 9.17) is 5.73 Å². The number of guanidine groups is 1. The fourth-order valence-electron chi connectivity index (χ4n) is 1.50. The molecule has 0 spiro atoms. The molecule has 0 saturated heterocycles. The van der Waals surface area contributed by atoms with Crippen LogP contribution in [0.1, 0.15) is 0 Å². The van der Waals surface area contributed by atoms with Gasteiger partial charge in [0.2, 0.25) is 5.91 Å². The molecule has 0 radical (unpaired) electrons. The molecule has 0 unspecified atom stereocenters. The zero-order valence-corrected chi connectivity index (χ0v) is 10.8. The highest BCUT2D eigenvalue weighted by molar-refractivity contribution is 5.96. The average molecular weight is 269 g/mol. The number of benzene rings is 1. The summed E-state index contributed by atoms with van der Waals surface area (Å²) in [7, 11) is 0. The number of carbonyl (C=O) groups excluding carboxylic acids is 1. The van der Waals surface area contributed by atoms with E-state index in [1.807, 2.05) is 30.3 Å². The number of nitrogens with one attached hydrogen (secondary N) is 2. The lowest BCUT2D eigenvalue weighted by molar-refractivity contribution is -0.114. The summed E-state index contributed by atoms with van der Waals surface area (Å²) in [6.07, 6.45) is 3.20. The van der Waals surface area contributed by atoms with Crippen molar-refractivity contribution in [2.75, 3.05) is 17.2 Å². The number of aliphatic imine (C=N–C) groups is 1. The van der Waals surface area contributed by atoms with Crippen LogP contribution in [0.2, 0.25) is 0 Å². The highest BCUT2D eigenvalue weighted by Gasteiger charge is 2.01. The third-order valence-corrected chi connectivity index (χ3v) is 2.38. The number of pyridine rings is 1. The quantitative estimate of drug-likeness (QED) is 0.578. The van der Waals surface area contributed by atoms with Crippen LogP contribution < -0.4 is 16.4 Å². The minimum Gasteiger partial charge on any atom is -0.370 e. The summed E-state index contributed by atoms with van der Waals surface area (Å²) in [5.74, 6) is -0.0617. The van der Waals surface area contributed by atoms with Crippen molar-refractivity contribution >= 4 is 23.2 Å². The van der Waals surface area contributed by atoms with Crippen LogP contribution in [0.15, 0.2) is 59.9 Å². The summed E-state index contributed by atoms with van der Waals surface area (Å²) in [4.78, 5) is 19.5. The minimum atomic E-state index is -0.254. The van der Waals surface area contributed by atoms with Gasteiger partial charge in [-0.05, 0) is 24.3 Å². The molecule has 2 rings (SSSR count). The van der Waals surface area contributed by atoms with Crippen molar-refractivity contribution in [1.29, 1.82) is 0 Å². The number of nitrogens with two attached hydrogens (primary N) is 1. The van der Waals surface area contributed by atoms with E-state index in [-0.39, 0.29) is 18.4 Å². The van der Waals surface area contributed by atoms with Crippen molar-refractivity contribution < 1.29 is 4.79 Å². The maximum Gasteiger partial charge on any atom is 0.246 e. The summed E-state index contributed by atoms with van der Waals surface area (Å²) in [6.45, 7) is -0.0550. The number of aromatic nitrogens is 1. The molecule has 0 aliphatic carbocycles. The number of hydrogen-bond donors (Lipinski definition) is 3. The largest absolute Gasteiger partial charge is 0.370 e. The Morgan fingerprint density at radius 1 is 1.10 bits per heavy atom. The molecule has 1 aromatic heterocycles. The SMILES string of the molecule is NC(=NCC(=O)Nc1cccnc1)Nc1ccccc1. The van der Waals surface area contributed by atoms with E-state index in [0.29, 0.717) is 5.69 Å². The molecule has 1 amide bonds. The molecule has 0 atom stereocenters. The van der Waals surface area contributed by atoms with Crippen LogP contribution in [0.4, 0.5) is 11.4 Å². The van der Waals surface area contributed by atoms with Gasteiger partial charge in [-0.25, -0.2) is 4.99 Å². The first kappa shape index (κ1) is 13.5. The van der Waals surface area contributed by atoms with Crippen molar-refractivity contribution in [2.45, 2.75) is 0 Å². The van der Waals surface area contributed by atoms with E-state index in [0.717, 1.165) is 5.69 Å². The third-order valence-electron chi connectivity index (χ3n) is 2.38. The number of carbonyl (C=O) groups is 1. The standard InChI is InChI=1S/C14H15N5O/c15-14(19-11-5-2-1-3-6-11)17-10-13(20)18-12-7-4-8-16-9-12/h1-9H,10H2,(H,18,20)(H3,15,17,19). The summed E-state index contributed by atoms with van der Waals surface area (Å²) in [5.41, 5.74) is 7.14. The molecule has 0 bridgehead atoms. The van der Waals surface area contributed by atoms with Gasteiger partial charge in [0.1, 0.15) is 6.54 Å². The van der Waals surface area contributed by atoms with Gasteiger partial charge in [-0.2, -0.15) is 0 Å². The number of amides is 1. The van der Waals surface area contributed by atoms with Gasteiger partial charge < -0.3 is 16.4 Å². The Kier molecular flexibility index (Phi) is 4.66. The van der Waals surface area contributed by atoms with E-state index in [1.165, 1.54) is 0 Å². The molecule has 6 nitrogen and oxygen atoms in total. The van der Waals surface area contributed by atoms with E-state index in [1.54, 1.807) is 24.5 Å². The highest BCUT2D eigenvalue weighted by atomic mass is 16.1. The minimum absolute atomic E-state index is 0.0550. The van der Waals surface area contributed by atoms with Gasteiger partial charge in [-0.3, -0.25) is 9.78 Å². The van der Waals surface area contributed by atoms with Gasteiger partial charge in [0, 0.05) is 11.9 Å². The van der Waals surface area contributed by atoms with E-state index >= 15 is 0 Å². The zero-order valence-electron chi connectivity index (χ0n) is 10.8. The first-order valence-corrected chi connectivity index (χ1v) is 6.06. The number of rotatable bonds is 4. The second-order valence-electron chi connectivity index (χ2n) is 3.98. The fraction of sp³-hybridized carbons (Fsp3) is 0.0714. The Bertz CT molecular complexity index is 583. The van der Waals surface area contributed by atoms with Crippen molar-refractivity contribution in [3.63, 3.8) is 0 Å².